The second kappa shape index (κ2) is 5.73. The molecule has 0 aliphatic rings. The predicted molar refractivity (Wildman–Crippen MR) is 76.9 cm³/mol. The van der Waals surface area contributed by atoms with Gasteiger partial charge < -0.3 is 5.11 Å². The van der Waals surface area contributed by atoms with Crippen LogP contribution in [0.5, 0.6) is 0 Å². The van der Waals surface area contributed by atoms with Crippen molar-refractivity contribution in [2.45, 2.75) is 24.2 Å². The number of thiophene rings is 1. The quantitative estimate of drug-likeness (QED) is 0.891. The normalized spacial score (nSPS) is 11.5. The van der Waals surface area contributed by atoms with Crippen molar-refractivity contribution in [2.24, 2.45) is 0 Å². The lowest BCUT2D eigenvalue weighted by Crippen LogP contribution is -2.12. The summed E-state index contributed by atoms with van der Waals surface area (Å²) in [4.78, 5) is 0.629. The largest absolute Gasteiger partial charge is 0.391 e. The van der Waals surface area contributed by atoms with E-state index in [9.17, 15) is 8.42 Å². The van der Waals surface area contributed by atoms with E-state index in [1.54, 1.807) is 18.2 Å². The lowest BCUT2D eigenvalue weighted by atomic mass is 10.1. The lowest BCUT2D eigenvalue weighted by Gasteiger charge is -2.10. The van der Waals surface area contributed by atoms with Crippen LogP contribution in [0.4, 0.5) is 5.69 Å². The van der Waals surface area contributed by atoms with Gasteiger partial charge in [0.2, 0.25) is 0 Å². The van der Waals surface area contributed by atoms with Crippen molar-refractivity contribution >= 4 is 27.0 Å². The zero-order chi connectivity index (χ0) is 13.9. The van der Waals surface area contributed by atoms with Crippen molar-refractivity contribution in [3.8, 4) is 0 Å². The predicted octanol–water partition coefficient (Wildman–Crippen LogP) is 2.60. The number of hydrogen-bond donors (Lipinski definition) is 2. The molecule has 6 heteroatoms. The number of aryl methyl sites for hydroxylation is 1. The maximum Gasteiger partial charge on any atom is 0.271 e. The van der Waals surface area contributed by atoms with Gasteiger partial charge in [-0.1, -0.05) is 25.1 Å². The Morgan fingerprint density at radius 3 is 2.58 bits per heavy atom. The summed E-state index contributed by atoms with van der Waals surface area (Å²) in [5.74, 6) is 0. The van der Waals surface area contributed by atoms with Gasteiger partial charge >= 0.3 is 0 Å². The number of para-hydroxylation sites is 1. The van der Waals surface area contributed by atoms with Crippen LogP contribution in [0.3, 0.4) is 0 Å². The Kier molecular flexibility index (Phi) is 4.24. The molecule has 1 heterocycles. The summed E-state index contributed by atoms with van der Waals surface area (Å²) in [6.45, 7) is 1.83. The van der Waals surface area contributed by atoms with E-state index in [1.807, 2.05) is 19.1 Å². The fourth-order valence-electron chi connectivity index (χ4n) is 1.71. The highest BCUT2D eigenvalue weighted by molar-refractivity contribution is 7.94. The molecule has 0 bridgehead atoms. The molecule has 0 saturated carbocycles. The fraction of sp³-hybridized carbons (Fsp3) is 0.231. The van der Waals surface area contributed by atoms with Gasteiger partial charge in [-0.3, -0.25) is 4.72 Å². The Balaban J connectivity index is 2.31. The van der Waals surface area contributed by atoms with E-state index in [0.29, 0.717) is 10.6 Å². The van der Waals surface area contributed by atoms with E-state index in [1.165, 1.54) is 6.07 Å². The molecule has 2 aromatic rings. The first kappa shape index (κ1) is 14.0. The molecule has 0 aliphatic heterocycles. The Hall–Kier alpha value is -1.37. The zero-order valence-electron chi connectivity index (χ0n) is 10.5. The van der Waals surface area contributed by atoms with Gasteiger partial charge in [0, 0.05) is 4.88 Å². The van der Waals surface area contributed by atoms with E-state index >= 15 is 0 Å². The van der Waals surface area contributed by atoms with E-state index < -0.39 is 10.0 Å². The highest BCUT2D eigenvalue weighted by Crippen LogP contribution is 2.25. The van der Waals surface area contributed by atoms with Crippen molar-refractivity contribution in [2.75, 3.05) is 4.72 Å². The molecule has 19 heavy (non-hydrogen) atoms. The molecule has 102 valence electrons. The number of benzene rings is 1. The van der Waals surface area contributed by atoms with E-state index in [4.69, 9.17) is 5.11 Å². The minimum absolute atomic E-state index is 0.147. The van der Waals surface area contributed by atoms with Crippen molar-refractivity contribution in [3.05, 3.63) is 46.8 Å². The van der Waals surface area contributed by atoms with Gasteiger partial charge in [-0.15, -0.1) is 11.3 Å². The van der Waals surface area contributed by atoms with Crippen molar-refractivity contribution < 1.29 is 13.5 Å². The topological polar surface area (TPSA) is 66.4 Å². The van der Waals surface area contributed by atoms with Crippen molar-refractivity contribution in [3.63, 3.8) is 0 Å². The number of rotatable bonds is 5. The van der Waals surface area contributed by atoms with Crippen LogP contribution in [0, 0.1) is 0 Å². The molecule has 4 nitrogen and oxygen atoms in total. The first-order valence-electron chi connectivity index (χ1n) is 5.87. The average molecular weight is 297 g/mol. The van der Waals surface area contributed by atoms with Crippen LogP contribution in [0.25, 0.3) is 0 Å². The maximum atomic E-state index is 12.2. The minimum Gasteiger partial charge on any atom is -0.391 e. The Morgan fingerprint density at radius 1 is 1.21 bits per heavy atom. The summed E-state index contributed by atoms with van der Waals surface area (Å²) in [7, 11) is -3.58. The monoisotopic (exact) mass is 297 g/mol. The van der Waals surface area contributed by atoms with E-state index in [2.05, 4.69) is 4.72 Å². The number of sulfonamides is 1. The number of hydrogen-bond acceptors (Lipinski definition) is 4. The third-order valence-corrected chi connectivity index (χ3v) is 5.63. The van der Waals surface area contributed by atoms with Crippen LogP contribution < -0.4 is 4.72 Å². The van der Waals surface area contributed by atoms with Gasteiger partial charge in [0.25, 0.3) is 10.0 Å². The second-order valence-corrected chi connectivity index (χ2v) is 7.07. The van der Waals surface area contributed by atoms with Crippen LogP contribution in [0.2, 0.25) is 0 Å². The molecular weight excluding hydrogens is 282 g/mol. The summed E-state index contributed by atoms with van der Waals surface area (Å²) in [5, 5.41) is 8.98. The third kappa shape index (κ3) is 3.15. The highest BCUT2D eigenvalue weighted by Gasteiger charge is 2.17. The molecule has 0 aliphatic carbocycles. The summed E-state index contributed by atoms with van der Waals surface area (Å²) >= 11 is 1.07. The van der Waals surface area contributed by atoms with Gasteiger partial charge in [-0.05, 0) is 30.2 Å². The molecule has 1 aromatic carbocycles. The van der Waals surface area contributed by atoms with Crippen molar-refractivity contribution in [1.29, 1.82) is 0 Å². The number of anilines is 1. The van der Waals surface area contributed by atoms with Crippen molar-refractivity contribution in [1.82, 2.24) is 0 Å². The Bertz CT molecular complexity index is 662. The second-order valence-electron chi connectivity index (χ2n) is 4.00. The molecule has 2 N–H and O–H groups in total. The van der Waals surface area contributed by atoms with Gasteiger partial charge in [0.15, 0.2) is 0 Å². The first-order valence-corrected chi connectivity index (χ1v) is 8.17. The van der Waals surface area contributed by atoms with E-state index in [0.717, 1.165) is 23.3 Å². The summed E-state index contributed by atoms with van der Waals surface area (Å²) < 4.78 is 27.2. The molecule has 0 radical (unpaired) electrons. The smallest absolute Gasteiger partial charge is 0.271 e. The highest BCUT2D eigenvalue weighted by atomic mass is 32.2. The van der Waals surface area contributed by atoms with Gasteiger partial charge in [0.1, 0.15) is 4.21 Å². The number of nitrogens with one attached hydrogen (secondary N) is 1. The summed E-state index contributed by atoms with van der Waals surface area (Å²) in [6.07, 6.45) is 0.755. The molecule has 0 fully saturated rings. The SMILES string of the molecule is CCc1ccccc1NS(=O)(=O)c1ccc(CO)s1. The lowest BCUT2D eigenvalue weighted by molar-refractivity contribution is 0.285. The molecule has 0 saturated heterocycles. The summed E-state index contributed by atoms with van der Waals surface area (Å²) in [5.41, 5.74) is 1.55. The molecule has 0 unspecified atom stereocenters. The maximum absolute atomic E-state index is 12.2. The first-order chi connectivity index (χ1) is 9.06. The van der Waals surface area contributed by atoms with Gasteiger partial charge in [-0.2, -0.15) is 0 Å². The van der Waals surface area contributed by atoms with Gasteiger partial charge in [0.05, 0.1) is 12.3 Å². The Morgan fingerprint density at radius 2 is 1.95 bits per heavy atom. The van der Waals surface area contributed by atoms with Gasteiger partial charge in [-0.25, -0.2) is 8.42 Å². The minimum atomic E-state index is -3.58. The summed E-state index contributed by atoms with van der Waals surface area (Å²) in [6, 6.07) is 10.4. The number of aliphatic hydroxyl groups is 1. The molecule has 0 atom stereocenters. The molecule has 0 amide bonds. The third-order valence-electron chi connectivity index (χ3n) is 2.70. The fourth-order valence-corrected chi connectivity index (χ4v) is 4.03. The van der Waals surface area contributed by atoms with Crippen LogP contribution >= 0.6 is 11.3 Å². The molecule has 1 aromatic heterocycles. The molecular formula is C13H15NO3S2. The molecule has 0 spiro atoms. The standard InChI is InChI=1S/C13H15NO3S2/c1-2-10-5-3-4-6-12(10)14-19(16,17)13-8-7-11(9-15)18-13/h3-8,14-15H,2,9H2,1H3. The average Bonchev–Trinajstić information content (AvgIpc) is 2.88. The van der Waals surface area contributed by atoms with E-state index in [-0.39, 0.29) is 10.8 Å². The zero-order valence-corrected chi connectivity index (χ0v) is 12.1. The van der Waals surface area contributed by atoms with Crippen LogP contribution in [0.15, 0.2) is 40.6 Å². The number of aliphatic hydroxyl groups excluding tert-OH is 1. The van der Waals surface area contributed by atoms with Crippen LogP contribution in [-0.4, -0.2) is 13.5 Å². The Labute approximate surface area is 116 Å². The van der Waals surface area contributed by atoms with Crippen LogP contribution in [0.1, 0.15) is 17.4 Å². The van der Waals surface area contributed by atoms with Crippen LogP contribution in [-0.2, 0) is 23.1 Å². The molecule has 2 rings (SSSR count).